The summed E-state index contributed by atoms with van der Waals surface area (Å²) < 4.78 is 0. The second-order valence-electron chi connectivity index (χ2n) is 5.17. The normalized spacial score (nSPS) is 15.9. The smallest absolute Gasteiger partial charge is 0.234 e. The summed E-state index contributed by atoms with van der Waals surface area (Å²) in [5.41, 5.74) is 3.14. The van der Waals surface area contributed by atoms with Crippen LogP contribution < -0.4 is 15.5 Å². The summed E-state index contributed by atoms with van der Waals surface area (Å²) in [6, 6.07) is 15.3. The van der Waals surface area contributed by atoms with Gasteiger partial charge in [-0.15, -0.1) is 11.8 Å². The Morgan fingerprint density at radius 1 is 1.26 bits per heavy atom. The molecule has 1 aliphatic heterocycles. The number of fused-ring (bicyclic) bond motifs is 1. The maximum atomic E-state index is 12.1. The Morgan fingerprint density at radius 2 is 2.00 bits per heavy atom. The molecular weight excluding hydrogens is 330 g/mol. The van der Waals surface area contributed by atoms with Gasteiger partial charge < -0.3 is 15.5 Å². The zero-order chi connectivity index (χ0) is 16.2. The first kappa shape index (κ1) is 16.0. The van der Waals surface area contributed by atoms with Gasteiger partial charge in [0.15, 0.2) is 0 Å². The van der Waals surface area contributed by atoms with E-state index in [1.165, 1.54) is 5.69 Å². The zero-order valence-electron chi connectivity index (χ0n) is 12.8. The number of carbonyl (C=O) groups is 1. The van der Waals surface area contributed by atoms with E-state index in [1.807, 2.05) is 12.1 Å². The van der Waals surface area contributed by atoms with Crippen LogP contribution in [0, 0.1) is 0 Å². The van der Waals surface area contributed by atoms with Gasteiger partial charge in [0.2, 0.25) is 5.91 Å². The molecule has 4 nitrogen and oxygen atoms in total. The molecule has 2 N–H and O–H groups in total. The minimum absolute atomic E-state index is 0.0221. The summed E-state index contributed by atoms with van der Waals surface area (Å²) in [5.74, 6) is 0.358. The minimum Gasteiger partial charge on any atom is -0.355 e. The first-order valence-electron chi connectivity index (χ1n) is 7.46. The summed E-state index contributed by atoms with van der Waals surface area (Å²) in [6.45, 7) is 3.01. The number of amides is 1. The number of halogens is 1. The van der Waals surface area contributed by atoms with Crippen molar-refractivity contribution in [3.05, 3.63) is 53.6 Å². The lowest BCUT2D eigenvalue weighted by Gasteiger charge is -2.24. The van der Waals surface area contributed by atoms with Crippen LogP contribution in [0.15, 0.2) is 48.5 Å². The van der Waals surface area contributed by atoms with E-state index < -0.39 is 0 Å². The Hall–Kier alpha value is -1.85. The number of nitrogens with one attached hydrogen (secondary N) is 2. The summed E-state index contributed by atoms with van der Waals surface area (Å²) in [7, 11) is 0. The van der Waals surface area contributed by atoms with E-state index >= 15 is 0 Å². The van der Waals surface area contributed by atoms with Gasteiger partial charge in [-0.2, -0.15) is 0 Å². The monoisotopic (exact) mass is 347 g/mol. The number of para-hydroxylation sites is 2. The van der Waals surface area contributed by atoms with Gasteiger partial charge in [0.25, 0.3) is 0 Å². The lowest BCUT2D eigenvalue weighted by Crippen LogP contribution is -2.34. The Labute approximate surface area is 145 Å². The molecule has 1 heterocycles. The molecule has 6 heteroatoms. The van der Waals surface area contributed by atoms with Crippen LogP contribution in [0.3, 0.4) is 0 Å². The highest BCUT2D eigenvalue weighted by atomic mass is 35.5. The topological polar surface area (TPSA) is 44.4 Å². The van der Waals surface area contributed by atoms with Crippen LogP contribution in [0.4, 0.5) is 17.1 Å². The number of benzene rings is 2. The largest absolute Gasteiger partial charge is 0.355 e. The molecule has 0 spiro atoms. The van der Waals surface area contributed by atoms with Gasteiger partial charge in [-0.1, -0.05) is 23.7 Å². The lowest BCUT2D eigenvalue weighted by molar-refractivity contribution is -0.113. The molecule has 0 fully saturated rings. The fourth-order valence-corrected chi connectivity index (χ4v) is 3.70. The average molecular weight is 348 g/mol. The van der Waals surface area contributed by atoms with Crippen LogP contribution >= 0.6 is 23.4 Å². The van der Waals surface area contributed by atoms with Crippen LogP contribution in [0.25, 0.3) is 0 Å². The van der Waals surface area contributed by atoms with Gasteiger partial charge in [-0.05, 0) is 43.3 Å². The third kappa shape index (κ3) is 3.74. The quantitative estimate of drug-likeness (QED) is 0.848. The molecule has 0 saturated carbocycles. The van der Waals surface area contributed by atoms with E-state index in [2.05, 4.69) is 34.6 Å². The van der Waals surface area contributed by atoms with Crippen molar-refractivity contribution in [3.63, 3.8) is 0 Å². The van der Waals surface area contributed by atoms with Gasteiger partial charge in [-0.3, -0.25) is 4.79 Å². The molecule has 0 radical (unpaired) electrons. The second kappa shape index (κ2) is 7.15. The van der Waals surface area contributed by atoms with E-state index in [1.54, 1.807) is 36.0 Å². The Balaban J connectivity index is 1.56. The summed E-state index contributed by atoms with van der Waals surface area (Å²) in [5, 5.41) is 6.99. The maximum absolute atomic E-state index is 12.1. The van der Waals surface area contributed by atoms with Crippen LogP contribution in [-0.4, -0.2) is 23.7 Å². The number of anilines is 3. The molecule has 0 saturated heterocycles. The minimum atomic E-state index is -0.0221. The van der Waals surface area contributed by atoms with Gasteiger partial charge in [0.1, 0.15) is 5.50 Å². The Bertz CT molecular complexity index is 692. The van der Waals surface area contributed by atoms with Crippen molar-refractivity contribution in [1.82, 2.24) is 0 Å². The number of hydrogen-bond acceptors (Lipinski definition) is 4. The molecular formula is C17H18ClN3OS. The van der Waals surface area contributed by atoms with Crippen molar-refractivity contribution < 1.29 is 4.79 Å². The van der Waals surface area contributed by atoms with Crippen molar-refractivity contribution >= 4 is 46.3 Å². The molecule has 120 valence electrons. The molecule has 0 bridgehead atoms. The van der Waals surface area contributed by atoms with Gasteiger partial charge >= 0.3 is 0 Å². The summed E-state index contributed by atoms with van der Waals surface area (Å²) in [4.78, 5) is 14.4. The first-order valence-corrected chi connectivity index (χ1v) is 8.89. The number of hydrogen-bond donors (Lipinski definition) is 2. The van der Waals surface area contributed by atoms with Crippen molar-refractivity contribution in [2.75, 3.05) is 27.8 Å². The molecule has 1 atom stereocenters. The molecule has 1 amide bonds. The number of nitrogens with zero attached hydrogens (tertiary/aromatic N) is 1. The fourth-order valence-electron chi connectivity index (χ4n) is 2.54. The molecule has 0 aromatic heterocycles. The standard InChI is InChI=1S/C17H18ClN3OS/c1-2-21-15-6-4-3-5-14(15)20-17(21)23-11-16(22)19-13-9-7-12(18)8-10-13/h3-10,17,20H,2,11H2,1H3,(H,19,22)/t17-/m1/s1. The molecule has 0 unspecified atom stereocenters. The average Bonchev–Trinajstić information content (AvgIpc) is 2.92. The van der Waals surface area contributed by atoms with E-state index in [0.29, 0.717) is 10.8 Å². The highest BCUT2D eigenvalue weighted by molar-refractivity contribution is 8.00. The molecule has 0 aliphatic carbocycles. The highest BCUT2D eigenvalue weighted by Crippen LogP contribution is 2.37. The van der Waals surface area contributed by atoms with Crippen LogP contribution in [0.1, 0.15) is 6.92 Å². The molecule has 23 heavy (non-hydrogen) atoms. The predicted molar refractivity (Wildman–Crippen MR) is 99.4 cm³/mol. The third-order valence-corrected chi connectivity index (χ3v) is 4.99. The SMILES string of the molecule is CCN1c2ccccc2N[C@H]1SCC(=O)Nc1ccc(Cl)cc1. The number of rotatable bonds is 5. The van der Waals surface area contributed by atoms with E-state index in [4.69, 9.17) is 11.6 Å². The van der Waals surface area contributed by atoms with Gasteiger partial charge in [0, 0.05) is 17.3 Å². The highest BCUT2D eigenvalue weighted by Gasteiger charge is 2.27. The first-order chi connectivity index (χ1) is 11.2. The van der Waals surface area contributed by atoms with Crippen molar-refractivity contribution in [2.45, 2.75) is 12.4 Å². The number of carbonyl (C=O) groups excluding carboxylic acids is 1. The fraction of sp³-hybridized carbons (Fsp3) is 0.235. The van der Waals surface area contributed by atoms with Crippen molar-refractivity contribution in [2.24, 2.45) is 0 Å². The predicted octanol–water partition coefficient (Wildman–Crippen LogP) is 4.25. The van der Waals surface area contributed by atoms with Crippen LogP contribution in [-0.2, 0) is 4.79 Å². The van der Waals surface area contributed by atoms with Crippen LogP contribution in [0.2, 0.25) is 5.02 Å². The Kier molecular flexibility index (Phi) is 4.98. The van der Waals surface area contributed by atoms with E-state index in [0.717, 1.165) is 17.9 Å². The van der Waals surface area contributed by atoms with Gasteiger partial charge in [0.05, 0.1) is 17.1 Å². The lowest BCUT2D eigenvalue weighted by atomic mass is 10.3. The molecule has 1 aliphatic rings. The zero-order valence-corrected chi connectivity index (χ0v) is 14.3. The van der Waals surface area contributed by atoms with Crippen LogP contribution in [0.5, 0.6) is 0 Å². The third-order valence-electron chi connectivity index (χ3n) is 3.62. The molecule has 3 rings (SSSR count). The van der Waals surface area contributed by atoms with Crippen molar-refractivity contribution in [1.29, 1.82) is 0 Å². The van der Waals surface area contributed by atoms with E-state index in [-0.39, 0.29) is 11.4 Å². The van der Waals surface area contributed by atoms with Gasteiger partial charge in [-0.25, -0.2) is 0 Å². The Morgan fingerprint density at radius 3 is 2.74 bits per heavy atom. The molecule has 2 aromatic rings. The summed E-state index contributed by atoms with van der Waals surface area (Å²) in [6.07, 6.45) is 0. The number of thioether (sulfide) groups is 1. The summed E-state index contributed by atoms with van der Waals surface area (Å²) >= 11 is 7.42. The van der Waals surface area contributed by atoms with E-state index in [9.17, 15) is 4.79 Å². The van der Waals surface area contributed by atoms with Crippen molar-refractivity contribution in [3.8, 4) is 0 Å². The molecule has 2 aromatic carbocycles. The second-order valence-corrected chi connectivity index (χ2v) is 6.67. The maximum Gasteiger partial charge on any atom is 0.234 e.